The van der Waals surface area contributed by atoms with Gasteiger partial charge in [0.15, 0.2) is 0 Å². The van der Waals surface area contributed by atoms with E-state index in [0.717, 1.165) is 51.3 Å². The molecule has 5 rings (SSSR count). The van der Waals surface area contributed by atoms with Gasteiger partial charge in [-0.15, -0.1) is 0 Å². The van der Waals surface area contributed by atoms with Crippen molar-refractivity contribution in [2.24, 2.45) is 0 Å². The maximum Gasteiger partial charge on any atom is 0.140 e. The molecule has 3 aromatic rings. The average Bonchev–Trinajstić information content (AvgIpc) is 3.44. The second kappa shape index (κ2) is 6.94. The normalized spacial score (nSPS) is 21.7. The van der Waals surface area contributed by atoms with Gasteiger partial charge in [-0.25, -0.2) is 4.98 Å². The molecule has 1 N–H and O–H groups in total. The van der Waals surface area contributed by atoms with Crippen LogP contribution in [0.5, 0.6) is 0 Å². The molecule has 0 saturated carbocycles. The van der Waals surface area contributed by atoms with E-state index in [-0.39, 0.29) is 5.60 Å². The lowest BCUT2D eigenvalue weighted by molar-refractivity contribution is -0.0195. The Morgan fingerprint density at radius 3 is 2.85 bits per heavy atom. The number of nitrogens with one attached hydrogen (secondary N) is 1. The Kier molecular flexibility index (Phi) is 4.30. The van der Waals surface area contributed by atoms with Crippen molar-refractivity contribution in [3.63, 3.8) is 0 Å². The second-order valence-corrected chi connectivity index (χ2v) is 7.62. The number of rotatable bonds is 4. The molecule has 2 saturated heterocycles. The van der Waals surface area contributed by atoms with Crippen molar-refractivity contribution < 1.29 is 4.74 Å². The molecule has 2 aromatic heterocycles. The number of hydrogen-bond donors (Lipinski definition) is 1. The van der Waals surface area contributed by atoms with Crippen LogP contribution in [0.15, 0.2) is 55.1 Å². The average molecular weight is 363 g/mol. The maximum absolute atomic E-state index is 6.32. The van der Waals surface area contributed by atoms with E-state index in [2.05, 4.69) is 45.4 Å². The Labute approximate surface area is 159 Å². The quantitative estimate of drug-likeness (QED) is 0.774. The molecule has 0 bridgehead atoms. The van der Waals surface area contributed by atoms with E-state index in [0.29, 0.717) is 6.04 Å². The predicted molar refractivity (Wildman–Crippen MR) is 103 cm³/mol. The van der Waals surface area contributed by atoms with E-state index in [1.807, 2.05) is 29.3 Å². The molecule has 0 aliphatic carbocycles. The van der Waals surface area contributed by atoms with E-state index < -0.39 is 0 Å². The fraction of sp³-hybridized carbons (Fsp3) is 0.429. The van der Waals surface area contributed by atoms with Crippen LogP contribution in [-0.4, -0.2) is 44.6 Å². The molecule has 0 amide bonds. The summed E-state index contributed by atoms with van der Waals surface area (Å²) in [7, 11) is 0. The van der Waals surface area contributed by atoms with Crippen molar-refractivity contribution in [1.29, 1.82) is 0 Å². The summed E-state index contributed by atoms with van der Waals surface area (Å²) in [6.45, 7) is 3.61. The molecule has 27 heavy (non-hydrogen) atoms. The largest absolute Gasteiger partial charge is 0.373 e. The summed E-state index contributed by atoms with van der Waals surface area (Å²) in [5.74, 6) is 1.03. The van der Waals surface area contributed by atoms with Crippen molar-refractivity contribution in [3.05, 3.63) is 60.7 Å². The van der Waals surface area contributed by atoms with Crippen LogP contribution in [0.2, 0.25) is 0 Å². The van der Waals surface area contributed by atoms with Gasteiger partial charge in [-0.3, -0.25) is 4.68 Å². The van der Waals surface area contributed by atoms with Gasteiger partial charge >= 0.3 is 0 Å². The van der Waals surface area contributed by atoms with Gasteiger partial charge in [0.05, 0.1) is 24.8 Å². The number of nitrogens with zero attached hydrogens (tertiary/aromatic N) is 4. The molecule has 140 valence electrons. The highest BCUT2D eigenvalue weighted by atomic mass is 16.5. The molecule has 2 aliphatic heterocycles. The molecule has 2 fully saturated rings. The van der Waals surface area contributed by atoms with Gasteiger partial charge in [-0.05, 0) is 44.0 Å². The molecular weight excluding hydrogens is 338 g/mol. The Morgan fingerprint density at radius 1 is 1.11 bits per heavy atom. The fourth-order valence-electron chi connectivity index (χ4n) is 4.49. The molecule has 6 nitrogen and oxygen atoms in total. The van der Waals surface area contributed by atoms with Crippen LogP contribution in [0.3, 0.4) is 0 Å². The third-order valence-electron chi connectivity index (χ3n) is 5.92. The predicted octanol–water partition coefficient (Wildman–Crippen LogP) is 2.88. The van der Waals surface area contributed by atoms with Crippen molar-refractivity contribution in [3.8, 4) is 11.4 Å². The van der Waals surface area contributed by atoms with Crippen molar-refractivity contribution in [2.75, 3.05) is 19.7 Å². The molecule has 1 aromatic carbocycles. The summed E-state index contributed by atoms with van der Waals surface area (Å²) in [5.41, 5.74) is 2.44. The Hall–Kier alpha value is -2.44. The Balaban J connectivity index is 1.44. The number of aromatic nitrogens is 4. The van der Waals surface area contributed by atoms with Crippen LogP contribution < -0.4 is 5.32 Å². The molecule has 6 heteroatoms. The van der Waals surface area contributed by atoms with E-state index in [1.165, 1.54) is 11.1 Å². The van der Waals surface area contributed by atoms with Gasteiger partial charge in [-0.1, -0.05) is 24.3 Å². The first-order valence-electron chi connectivity index (χ1n) is 9.76. The van der Waals surface area contributed by atoms with Crippen LogP contribution in [0.1, 0.15) is 30.9 Å². The topological polar surface area (TPSA) is 56.9 Å². The van der Waals surface area contributed by atoms with E-state index in [4.69, 9.17) is 9.72 Å². The van der Waals surface area contributed by atoms with E-state index >= 15 is 0 Å². The summed E-state index contributed by atoms with van der Waals surface area (Å²) in [6.07, 6.45) is 11.1. The minimum atomic E-state index is 0.0477. The highest BCUT2D eigenvalue weighted by Crippen LogP contribution is 2.40. The van der Waals surface area contributed by atoms with Gasteiger partial charge in [0.1, 0.15) is 5.82 Å². The van der Waals surface area contributed by atoms with Gasteiger partial charge < -0.3 is 14.6 Å². The van der Waals surface area contributed by atoms with Crippen LogP contribution >= 0.6 is 0 Å². The second-order valence-electron chi connectivity index (χ2n) is 7.62. The summed E-state index contributed by atoms with van der Waals surface area (Å²) < 4.78 is 10.6. The maximum atomic E-state index is 6.32. The van der Waals surface area contributed by atoms with Crippen molar-refractivity contribution in [1.82, 2.24) is 24.6 Å². The zero-order valence-electron chi connectivity index (χ0n) is 15.4. The summed E-state index contributed by atoms with van der Waals surface area (Å²) in [5, 5.41) is 7.80. The van der Waals surface area contributed by atoms with Gasteiger partial charge in [-0.2, -0.15) is 5.10 Å². The molecular formula is C21H25N5O. The number of ether oxygens (including phenoxy) is 1. The van der Waals surface area contributed by atoms with Gasteiger partial charge in [0.25, 0.3) is 0 Å². The number of hydrogen-bond acceptors (Lipinski definition) is 4. The number of benzene rings is 1. The fourth-order valence-corrected chi connectivity index (χ4v) is 4.49. The van der Waals surface area contributed by atoms with Crippen LogP contribution in [0, 0.1) is 0 Å². The first-order chi connectivity index (χ1) is 13.3. The molecule has 1 unspecified atom stereocenters. The lowest BCUT2D eigenvalue weighted by Gasteiger charge is -2.33. The van der Waals surface area contributed by atoms with Crippen LogP contribution in [0.25, 0.3) is 11.4 Å². The molecule has 1 atom stereocenters. The lowest BCUT2D eigenvalue weighted by Crippen LogP contribution is -2.41. The smallest absolute Gasteiger partial charge is 0.140 e. The number of piperidine rings is 1. The minimum absolute atomic E-state index is 0.0477. The minimum Gasteiger partial charge on any atom is -0.373 e. The molecule has 2 aliphatic rings. The van der Waals surface area contributed by atoms with Crippen molar-refractivity contribution >= 4 is 0 Å². The highest BCUT2D eigenvalue weighted by Gasteiger charge is 2.42. The third kappa shape index (κ3) is 3.19. The van der Waals surface area contributed by atoms with Crippen LogP contribution in [-0.2, 0) is 11.3 Å². The van der Waals surface area contributed by atoms with E-state index in [1.54, 1.807) is 0 Å². The molecule has 0 radical (unpaired) electrons. The Morgan fingerprint density at radius 2 is 2.00 bits per heavy atom. The first-order valence-corrected chi connectivity index (χ1v) is 9.76. The third-order valence-corrected chi connectivity index (χ3v) is 5.92. The summed E-state index contributed by atoms with van der Waals surface area (Å²) >= 11 is 0. The van der Waals surface area contributed by atoms with Gasteiger partial charge in [0, 0.05) is 30.4 Å². The number of imidazole rings is 1. The van der Waals surface area contributed by atoms with Crippen LogP contribution in [0.4, 0.5) is 0 Å². The molecule has 1 spiro atoms. The first kappa shape index (κ1) is 16.7. The molecule has 4 heterocycles. The monoisotopic (exact) mass is 363 g/mol. The zero-order valence-corrected chi connectivity index (χ0v) is 15.4. The Bertz CT molecular complexity index is 895. The lowest BCUT2D eigenvalue weighted by atomic mass is 9.88. The van der Waals surface area contributed by atoms with Crippen molar-refractivity contribution in [2.45, 2.75) is 37.5 Å². The van der Waals surface area contributed by atoms with E-state index in [9.17, 15) is 0 Å². The SMILES string of the molecule is c1ccc(-c2nccn2C2COC3(CCNCC3)C2)c(Cn2cccn2)c1. The standard InChI is InChI=1S/C21H25N5O/c1-2-5-19(17(4-1)15-25-12-3-8-24-25)20-23-11-13-26(20)18-14-21(27-16-18)6-9-22-10-7-21/h1-5,8,11-13,18,22H,6-7,9-10,14-16H2. The zero-order chi connectivity index (χ0) is 18.1. The summed E-state index contributed by atoms with van der Waals surface area (Å²) in [6, 6.07) is 10.8. The summed E-state index contributed by atoms with van der Waals surface area (Å²) in [4.78, 5) is 4.72. The van der Waals surface area contributed by atoms with Gasteiger partial charge in [0.2, 0.25) is 0 Å². The highest BCUT2D eigenvalue weighted by molar-refractivity contribution is 5.61.